The summed E-state index contributed by atoms with van der Waals surface area (Å²) in [5, 5.41) is 12.2. The van der Waals surface area contributed by atoms with Crippen molar-refractivity contribution in [1.29, 1.82) is 0 Å². The zero-order valence-electron chi connectivity index (χ0n) is 14.6. The first-order valence-electron chi connectivity index (χ1n) is 8.50. The van der Waals surface area contributed by atoms with E-state index in [1.807, 2.05) is 66.7 Å². The molecule has 0 aliphatic heterocycles. The summed E-state index contributed by atoms with van der Waals surface area (Å²) >= 11 is 11.3. The summed E-state index contributed by atoms with van der Waals surface area (Å²) in [5.41, 5.74) is 1.73. The zero-order chi connectivity index (χ0) is 19.3. The molecule has 1 N–H and O–H groups in total. The Bertz CT molecular complexity index is 1170. The predicted octanol–water partition coefficient (Wildman–Crippen LogP) is 5.94. The number of hydrogen-bond donors (Lipinski definition) is 1. The van der Waals surface area contributed by atoms with Crippen LogP contribution in [0.15, 0.2) is 84.0 Å². The highest BCUT2D eigenvalue weighted by atomic mass is 35.5. The van der Waals surface area contributed by atoms with Crippen LogP contribution in [0.5, 0.6) is 11.5 Å². The van der Waals surface area contributed by atoms with E-state index in [2.05, 4.69) is 15.3 Å². The number of para-hydroxylation sites is 1. The second kappa shape index (κ2) is 8.21. The molecular formula is C21H15ClN4OS. The minimum Gasteiger partial charge on any atom is -0.457 e. The van der Waals surface area contributed by atoms with Crippen LogP contribution in [-0.4, -0.2) is 21.1 Å². The van der Waals surface area contributed by atoms with Crippen molar-refractivity contribution in [3.63, 3.8) is 0 Å². The van der Waals surface area contributed by atoms with E-state index in [0.29, 0.717) is 15.6 Å². The summed E-state index contributed by atoms with van der Waals surface area (Å²) in [5.74, 6) is 2.11. The van der Waals surface area contributed by atoms with Crippen molar-refractivity contribution >= 4 is 30.0 Å². The third-order valence-electron chi connectivity index (χ3n) is 3.91. The Morgan fingerprint density at radius 3 is 2.50 bits per heavy atom. The van der Waals surface area contributed by atoms with Gasteiger partial charge in [0.05, 0.1) is 6.21 Å². The van der Waals surface area contributed by atoms with Crippen LogP contribution < -0.4 is 4.74 Å². The molecule has 7 heteroatoms. The van der Waals surface area contributed by atoms with E-state index in [9.17, 15) is 0 Å². The van der Waals surface area contributed by atoms with Crippen molar-refractivity contribution in [2.45, 2.75) is 0 Å². The number of nitrogens with one attached hydrogen (secondary N) is 1. The van der Waals surface area contributed by atoms with E-state index in [-0.39, 0.29) is 0 Å². The third kappa shape index (κ3) is 4.19. The van der Waals surface area contributed by atoms with Crippen LogP contribution in [0.3, 0.4) is 0 Å². The van der Waals surface area contributed by atoms with E-state index < -0.39 is 0 Å². The zero-order valence-corrected chi connectivity index (χ0v) is 16.2. The highest BCUT2D eigenvalue weighted by molar-refractivity contribution is 7.71. The standard InChI is InChI=1S/C21H15ClN4OS/c22-17-11-9-16(10-12-17)20-24-25-21(28)26(20)23-14-15-5-4-8-19(13-15)27-18-6-2-1-3-7-18/h1-14H,(H,25,28)/b23-14+. The summed E-state index contributed by atoms with van der Waals surface area (Å²) < 4.78 is 7.84. The lowest BCUT2D eigenvalue weighted by atomic mass is 10.2. The molecule has 1 aromatic heterocycles. The lowest BCUT2D eigenvalue weighted by Crippen LogP contribution is -1.95. The highest BCUT2D eigenvalue weighted by Crippen LogP contribution is 2.22. The van der Waals surface area contributed by atoms with Crippen molar-refractivity contribution in [1.82, 2.24) is 14.9 Å². The molecule has 0 bridgehead atoms. The second-order valence-corrected chi connectivity index (χ2v) is 6.73. The van der Waals surface area contributed by atoms with Gasteiger partial charge in [-0.2, -0.15) is 14.9 Å². The number of aromatic amines is 1. The number of aromatic nitrogens is 3. The molecule has 0 fully saturated rings. The predicted molar refractivity (Wildman–Crippen MR) is 114 cm³/mol. The van der Waals surface area contributed by atoms with Gasteiger partial charge < -0.3 is 4.74 Å². The Hall–Kier alpha value is -3.22. The molecule has 0 atom stereocenters. The summed E-state index contributed by atoms with van der Waals surface area (Å²) in [6.45, 7) is 0. The maximum atomic E-state index is 5.96. The molecule has 4 aromatic rings. The fourth-order valence-corrected chi connectivity index (χ4v) is 2.90. The van der Waals surface area contributed by atoms with Gasteiger partial charge in [-0.15, -0.1) is 0 Å². The van der Waals surface area contributed by atoms with Crippen molar-refractivity contribution in [2.24, 2.45) is 5.10 Å². The van der Waals surface area contributed by atoms with Crippen LogP contribution in [0.4, 0.5) is 0 Å². The first-order valence-corrected chi connectivity index (χ1v) is 9.28. The summed E-state index contributed by atoms with van der Waals surface area (Å²) in [6.07, 6.45) is 1.71. The minimum absolute atomic E-state index is 0.401. The summed E-state index contributed by atoms with van der Waals surface area (Å²) in [4.78, 5) is 0. The van der Waals surface area contributed by atoms with Gasteiger partial charge in [-0.3, -0.25) is 0 Å². The van der Waals surface area contributed by atoms with Crippen LogP contribution >= 0.6 is 23.8 Å². The maximum Gasteiger partial charge on any atom is 0.216 e. The number of H-pyrrole nitrogens is 1. The van der Waals surface area contributed by atoms with Crippen LogP contribution in [0.2, 0.25) is 5.02 Å². The number of ether oxygens (including phenoxy) is 1. The number of rotatable bonds is 5. The number of benzene rings is 3. The molecule has 4 rings (SSSR count). The molecule has 5 nitrogen and oxygen atoms in total. The Morgan fingerprint density at radius 2 is 1.71 bits per heavy atom. The minimum atomic E-state index is 0.401. The molecule has 138 valence electrons. The molecule has 1 heterocycles. The van der Waals surface area contributed by atoms with E-state index in [1.54, 1.807) is 23.0 Å². The molecule has 0 radical (unpaired) electrons. The van der Waals surface area contributed by atoms with Gasteiger partial charge in [0.1, 0.15) is 11.5 Å². The van der Waals surface area contributed by atoms with Crippen LogP contribution in [-0.2, 0) is 0 Å². The lowest BCUT2D eigenvalue weighted by Gasteiger charge is -2.06. The largest absolute Gasteiger partial charge is 0.457 e. The van der Waals surface area contributed by atoms with Gasteiger partial charge in [0, 0.05) is 10.6 Å². The monoisotopic (exact) mass is 406 g/mol. The summed E-state index contributed by atoms with van der Waals surface area (Å²) in [6, 6.07) is 24.6. The Labute approximate surface area is 171 Å². The molecule has 0 saturated heterocycles. The van der Waals surface area contributed by atoms with Crippen LogP contribution in [0.1, 0.15) is 5.56 Å². The van der Waals surface area contributed by atoms with Crippen molar-refractivity contribution in [2.75, 3.05) is 0 Å². The van der Waals surface area contributed by atoms with Crippen LogP contribution in [0, 0.1) is 4.77 Å². The molecule has 0 aliphatic carbocycles. The third-order valence-corrected chi connectivity index (χ3v) is 4.43. The fourth-order valence-electron chi connectivity index (χ4n) is 2.59. The first kappa shape index (κ1) is 18.2. The molecule has 0 spiro atoms. The first-order chi connectivity index (χ1) is 13.7. The smallest absolute Gasteiger partial charge is 0.216 e. The molecule has 28 heavy (non-hydrogen) atoms. The maximum absolute atomic E-state index is 5.96. The number of nitrogens with zero attached hydrogens (tertiary/aromatic N) is 3. The van der Waals surface area contributed by atoms with Gasteiger partial charge >= 0.3 is 0 Å². The van der Waals surface area contributed by atoms with E-state index in [0.717, 1.165) is 22.6 Å². The Kier molecular flexibility index (Phi) is 5.32. The van der Waals surface area contributed by atoms with Gasteiger partial charge in [0.15, 0.2) is 5.82 Å². The van der Waals surface area contributed by atoms with Crippen molar-refractivity contribution in [3.05, 3.63) is 94.2 Å². The molecular weight excluding hydrogens is 392 g/mol. The fraction of sp³-hybridized carbons (Fsp3) is 0. The quantitative estimate of drug-likeness (QED) is 0.330. The van der Waals surface area contributed by atoms with Crippen LogP contribution in [0.25, 0.3) is 11.4 Å². The average molecular weight is 407 g/mol. The van der Waals surface area contributed by atoms with Gasteiger partial charge in [-0.25, -0.2) is 5.10 Å². The molecule has 3 aromatic carbocycles. The molecule has 0 aliphatic rings. The lowest BCUT2D eigenvalue weighted by molar-refractivity contribution is 0.482. The van der Waals surface area contributed by atoms with Gasteiger partial charge in [0.2, 0.25) is 4.77 Å². The highest BCUT2D eigenvalue weighted by Gasteiger charge is 2.08. The van der Waals surface area contributed by atoms with Gasteiger partial charge in [-0.05, 0) is 66.3 Å². The van der Waals surface area contributed by atoms with Gasteiger partial charge in [-0.1, -0.05) is 41.9 Å². The van der Waals surface area contributed by atoms with Crippen molar-refractivity contribution < 1.29 is 4.74 Å². The van der Waals surface area contributed by atoms with Crippen molar-refractivity contribution in [3.8, 4) is 22.9 Å². The molecule has 0 saturated carbocycles. The summed E-state index contributed by atoms with van der Waals surface area (Å²) in [7, 11) is 0. The topological polar surface area (TPSA) is 55.2 Å². The molecule has 0 unspecified atom stereocenters. The van der Waals surface area contributed by atoms with E-state index in [4.69, 9.17) is 28.6 Å². The second-order valence-electron chi connectivity index (χ2n) is 5.90. The number of hydrogen-bond acceptors (Lipinski definition) is 4. The van der Waals surface area contributed by atoms with E-state index >= 15 is 0 Å². The van der Waals surface area contributed by atoms with Gasteiger partial charge in [0.25, 0.3) is 0 Å². The SMILES string of the molecule is S=c1[nH]nc(-c2ccc(Cl)cc2)n1/N=C/c1cccc(Oc2ccccc2)c1. The Morgan fingerprint density at radius 1 is 0.964 bits per heavy atom. The van der Waals surface area contributed by atoms with E-state index in [1.165, 1.54) is 0 Å². The Balaban J connectivity index is 1.60. The molecule has 0 amide bonds. The number of halogens is 1. The normalized spacial score (nSPS) is 11.0. The average Bonchev–Trinajstić information content (AvgIpc) is 3.08.